The number of pyridine rings is 2. The molecule has 0 aliphatic rings. The number of rotatable bonds is 7. The van der Waals surface area contributed by atoms with Crippen molar-refractivity contribution in [1.82, 2.24) is 15.3 Å². The summed E-state index contributed by atoms with van der Waals surface area (Å²) in [4.78, 5) is 19.6. The first-order valence-corrected chi connectivity index (χ1v) is 8.80. The summed E-state index contributed by atoms with van der Waals surface area (Å²) in [6.45, 7) is 7.94. The van der Waals surface area contributed by atoms with E-state index < -0.39 is 11.6 Å². The van der Waals surface area contributed by atoms with Crippen LogP contribution < -0.4 is 10.1 Å². The third kappa shape index (κ3) is 5.59. The molecule has 0 radical (unpaired) electrons. The SMILES string of the molecule is Cc1cc(-c2ccc(OCC(C)(CC(C)C)NC(=O)O)c(Cl)n2)ccn1. The van der Waals surface area contributed by atoms with Crippen LogP contribution in [0.4, 0.5) is 4.79 Å². The van der Waals surface area contributed by atoms with Crippen molar-refractivity contribution in [3.8, 4) is 17.0 Å². The lowest BCUT2D eigenvalue weighted by molar-refractivity contribution is 0.143. The summed E-state index contributed by atoms with van der Waals surface area (Å²) in [6.07, 6.45) is 1.28. The third-order valence-electron chi connectivity index (χ3n) is 3.82. The lowest BCUT2D eigenvalue weighted by Crippen LogP contribution is -2.50. The number of nitrogens with one attached hydrogen (secondary N) is 1. The van der Waals surface area contributed by atoms with Crippen LogP contribution in [0, 0.1) is 12.8 Å². The molecule has 0 aromatic carbocycles. The molecule has 0 aliphatic carbocycles. The Bertz CT molecular complexity index is 782. The van der Waals surface area contributed by atoms with E-state index in [1.165, 1.54) is 0 Å². The Balaban J connectivity index is 2.15. The second kappa shape index (κ2) is 8.36. The predicted molar refractivity (Wildman–Crippen MR) is 102 cm³/mol. The van der Waals surface area contributed by atoms with Gasteiger partial charge in [0.05, 0.1) is 11.2 Å². The van der Waals surface area contributed by atoms with Gasteiger partial charge in [0.2, 0.25) is 0 Å². The summed E-state index contributed by atoms with van der Waals surface area (Å²) in [7, 11) is 0. The maximum atomic E-state index is 11.1. The van der Waals surface area contributed by atoms with Crippen molar-refractivity contribution >= 4 is 17.7 Å². The maximum Gasteiger partial charge on any atom is 0.405 e. The molecule has 0 saturated heterocycles. The van der Waals surface area contributed by atoms with Crippen LogP contribution in [0.15, 0.2) is 30.5 Å². The van der Waals surface area contributed by atoms with Gasteiger partial charge in [-0.25, -0.2) is 9.78 Å². The Kier molecular flexibility index (Phi) is 6.42. The highest BCUT2D eigenvalue weighted by molar-refractivity contribution is 6.30. The molecule has 7 heteroatoms. The summed E-state index contributed by atoms with van der Waals surface area (Å²) >= 11 is 6.27. The van der Waals surface area contributed by atoms with Crippen LogP contribution in [0.5, 0.6) is 5.75 Å². The quantitative estimate of drug-likeness (QED) is 0.691. The number of nitrogens with zero attached hydrogens (tertiary/aromatic N) is 2. The summed E-state index contributed by atoms with van der Waals surface area (Å²) < 4.78 is 5.79. The minimum absolute atomic E-state index is 0.159. The second-order valence-electron chi connectivity index (χ2n) is 7.05. The molecule has 0 fully saturated rings. The summed E-state index contributed by atoms with van der Waals surface area (Å²) in [5, 5.41) is 11.9. The Hall–Kier alpha value is -2.34. The molecule has 1 amide bonds. The number of carbonyl (C=O) groups is 1. The van der Waals surface area contributed by atoms with Gasteiger partial charge in [-0.05, 0) is 50.5 Å². The second-order valence-corrected chi connectivity index (χ2v) is 7.41. The number of aryl methyl sites for hydroxylation is 1. The van der Waals surface area contributed by atoms with Gasteiger partial charge in [-0.3, -0.25) is 4.98 Å². The van der Waals surface area contributed by atoms with Gasteiger partial charge in [0.25, 0.3) is 0 Å². The van der Waals surface area contributed by atoms with Crippen LogP contribution in [0.2, 0.25) is 5.15 Å². The van der Waals surface area contributed by atoms with Crippen molar-refractivity contribution in [2.45, 2.75) is 39.7 Å². The first-order valence-electron chi connectivity index (χ1n) is 8.42. The summed E-state index contributed by atoms with van der Waals surface area (Å²) in [5.41, 5.74) is 1.82. The molecule has 2 heterocycles. The minimum Gasteiger partial charge on any atom is -0.488 e. The number of hydrogen-bond acceptors (Lipinski definition) is 4. The first-order chi connectivity index (χ1) is 12.2. The molecule has 2 aromatic rings. The number of aromatic nitrogens is 2. The van der Waals surface area contributed by atoms with Crippen LogP contribution in [-0.4, -0.2) is 33.3 Å². The zero-order chi connectivity index (χ0) is 19.3. The van der Waals surface area contributed by atoms with Crippen LogP contribution in [-0.2, 0) is 0 Å². The minimum atomic E-state index is -1.08. The normalized spacial score (nSPS) is 13.3. The highest BCUT2D eigenvalue weighted by atomic mass is 35.5. The van der Waals surface area contributed by atoms with Crippen molar-refractivity contribution < 1.29 is 14.6 Å². The lowest BCUT2D eigenvalue weighted by atomic mass is 9.91. The molecule has 2 N–H and O–H groups in total. The monoisotopic (exact) mass is 377 g/mol. The molecule has 1 atom stereocenters. The van der Waals surface area contributed by atoms with E-state index in [9.17, 15) is 4.79 Å². The zero-order valence-corrected chi connectivity index (χ0v) is 16.2. The average molecular weight is 378 g/mol. The van der Waals surface area contributed by atoms with Gasteiger partial charge in [-0.15, -0.1) is 0 Å². The van der Waals surface area contributed by atoms with E-state index in [0.717, 1.165) is 17.0 Å². The Labute approximate surface area is 158 Å². The lowest BCUT2D eigenvalue weighted by Gasteiger charge is -2.31. The van der Waals surface area contributed by atoms with Gasteiger partial charge < -0.3 is 15.2 Å². The van der Waals surface area contributed by atoms with Gasteiger partial charge in [0, 0.05) is 17.5 Å². The van der Waals surface area contributed by atoms with Crippen molar-refractivity contribution in [2.24, 2.45) is 5.92 Å². The van der Waals surface area contributed by atoms with Gasteiger partial charge in [-0.2, -0.15) is 0 Å². The smallest absolute Gasteiger partial charge is 0.405 e. The molecule has 1 unspecified atom stereocenters. The number of ether oxygens (including phenoxy) is 1. The molecular formula is C19H24ClN3O3. The largest absolute Gasteiger partial charge is 0.488 e. The Morgan fingerprint density at radius 3 is 2.69 bits per heavy atom. The number of amides is 1. The molecule has 140 valence electrons. The van der Waals surface area contributed by atoms with Crippen molar-refractivity contribution in [1.29, 1.82) is 0 Å². The fraction of sp³-hybridized carbons (Fsp3) is 0.421. The van der Waals surface area contributed by atoms with E-state index in [1.807, 2.05) is 45.9 Å². The Morgan fingerprint density at radius 1 is 1.38 bits per heavy atom. The van der Waals surface area contributed by atoms with Crippen LogP contribution in [0.1, 0.15) is 32.9 Å². The van der Waals surface area contributed by atoms with Gasteiger partial charge in [0.15, 0.2) is 10.9 Å². The highest BCUT2D eigenvalue weighted by Gasteiger charge is 2.29. The number of hydrogen-bond donors (Lipinski definition) is 2. The molecule has 2 rings (SSSR count). The number of carboxylic acid groups (broad SMARTS) is 1. The molecule has 2 aromatic heterocycles. The van der Waals surface area contributed by atoms with Gasteiger partial charge in [-0.1, -0.05) is 25.4 Å². The van der Waals surface area contributed by atoms with E-state index in [4.69, 9.17) is 21.4 Å². The average Bonchev–Trinajstić information content (AvgIpc) is 2.52. The third-order valence-corrected chi connectivity index (χ3v) is 4.09. The van der Waals surface area contributed by atoms with E-state index in [2.05, 4.69) is 15.3 Å². The molecule has 6 nitrogen and oxygen atoms in total. The maximum absolute atomic E-state index is 11.1. The molecule has 0 aliphatic heterocycles. The fourth-order valence-electron chi connectivity index (χ4n) is 2.94. The zero-order valence-electron chi connectivity index (χ0n) is 15.4. The first kappa shape index (κ1) is 20.0. The molecule has 0 spiro atoms. The van der Waals surface area contributed by atoms with Crippen LogP contribution >= 0.6 is 11.6 Å². The molecule has 26 heavy (non-hydrogen) atoms. The summed E-state index contributed by atoms with van der Waals surface area (Å²) in [5.74, 6) is 0.727. The van der Waals surface area contributed by atoms with Crippen molar-refractivity contribution in [3.63, 3.8) is 0 Å². The van der Waals surface area contributed by atoms with E-state index in [0.29, 0.717) is 18.1 Å². The van der Waals surface area contributed by atoms with Gasteiger partial charge in [0.1, 0.15) is 6.61 Å². The fourth-order valence-corrected chi connectivity index (χ4v) is 3.15. The standard InChI is InChI=1S/C19H24ClN3O3/c1-12(2)10-19(4,23-18(24)25)11-26-16-6-5-15(22-17(16)20)14-7-8-21-13(3)9-14/h5-9,12,23H,10-11H2,1-4H3,(H,24,25). The highest BCUT2D eigenvalue weighted by Crippen LogP contribution is 2.28. The van der Waals surface area contributed by atoms with Gasteiger partial charge >= 0.3 is 6.09 Å². The van der Waals surface area contributed by atoms with E-state index in [-0.39, 0.29) is 11.8 Å². The molecule has 0 bridgehead atoms. The molecular weight excluding hydrogens is 354 g/mol. The van der Waals surface area contributed by atoms with Crippen molar-refractivity contribution in [2.75, 3.05) is 6.61 Å². The Morgan fingerprint density at radius 2 is 2.12 bits per heavy atom. The predicted octanol–water partition coefficient (Wildman–Crippen LogP) is 4.56. The van der Waals surface area contributed by atoms with Crippen LogP contribution in [0.3, 0.4) is 0 Å². The number of halogens is 1. The van der Waals surface area contributed by atoms with Crippen molar-refractivity contribution in [3.05, 3.63) is 41.3 Å². The van der Waals surface area contributed by atoms with E-state index >= 15 is 0 Å². The summed E-state index contributed by atoms with van der Waals surface area (Å²) in [6, 6.07) is 7.36. The topological polar surface area (TPSA) is 84.3 Å². The van der Waals surface area contributed by atoms with Crippen LogP contribution in [0.25, 0.3) is 11.3 Å². The molecule has 0 saturated carbocycles. The van der Waals surface area contributed by atoms with E-state index in [1.54, 1.807) is 12.3 Å².